The fourth-order valence-corrected chi connectivity index (χ4v) is 4.63. The molecule has 0 aromatic carbocycles. The third kappa shape index (κ3) is 3.45. The van der Waals surface area contributed by atoms with E-state index in [1.165, 1.54) is 22.8 Å². The van der Waals surface area contributed by atoms with Gasteiger partial charge in [-0.3, -0.25) is 9.78 Å². The molecule has 1 amide bonds. The van der Waals surface area contributed by atoms with Crippen molar-refractivity contribution in [2.24, 2.45) is 11.8 Å². The number of nitrogens with zero attached hydrogens (tertiary/aromatic N) is 2. The van der Waals surface area contributed by atoms with Crippen LogP contribution in [0.25, 0.3) is 0 Å². The lowest BCUT2D eigenvalue weighted by molar-refractivity contribution is -0.127. The van der Waals surface area contributed by atoms with Crippen molar-refractivity contribution in [3.05, 3.63) is 24.5 Å². The number of rotatable bonds is 5. The zero-order valence-electron chi connectivity index (χ0n) is 13.9. The Balaban J connectivity index is 1.71. The molecule has 24 heavy (non-hydrogen) atoms. The summed E-state index contributed by atoms with van der Waals surface area (Å²) in [6.45, 7) is 5.16. The molecule has 7 nitrogen and oxygen atoms in total. The van der Waals surface area contributed by atoms with Crippen LogP contribution in [0.3, 0.4) is 0 Å². The lowest BCUT2D eigenvalue weighted by Gasteiger charge is -2.31. The second kappa shape index (κ2) is 6.78. The number of aromatic nitrogens is 1. The van der Waals surface area contributed by atoms with Gasteiger partial charge in [-0.25, -0.2) is 8.42 Å². The summed E-state index contributed by atoms with van der Waals surface area (Å²) in [6, 6.07) is 3.14. The number of hydrogen-bond donors (Lipinski definition) is 1. The quantitative estimate of drug-likeness (QED) is 0.839. The molecule has 2 aliphatic heterocycles. The van der Waals surface area contributed by atoms with Crippen LogP contribution in [0.5, 0.6) is 0 Å². The molecular formula is C16H23N3O4S. The van der Waals surface area contributed by atoms with Crippen LogP contribution >= 0.6 is 0 Å². The lowest BCUT2D eigenvalue weighted by Crippen LogP contribution is -2.48. The van der Waals surface area contributed by atoms with Crippen molar-refractivity contribution in [3.63, 3.8) is 0 Å². The summed E-state index contributed by atoms with van der Waals surface area (Å²) in [5.41, 5.74) is 0. The van der Waals surface area contributed by atoms with Crippen molar-refractivity contribution in [2.45, 2.75) is 37.4 Å². The number of sulfonamides is 1. The first kappa shape index (κ1) is 17.3. The van der Waals surface area contributed by atoms with Gasteiger partial charge in [0.25, 0.3) is 0 Å². The highest BCUT2D eigenvalue weighted by molar-refractivity contribution is 7.89. The normalized spacial score (nSPS) is 27.4. The number of pyridine rings is 1. The molecule has 2 aliphatic rings. The minimum Gasteiger partial charge on any atom is -0.371 e. The first-order valence-electron chi connectivity index (χ1n) is 8.21. The van der Waals surface area contributed by atoms with Gasteiger partial charge in [0, 0.05) is 32.0 Å². The van der Waals surface area contributed by atoms with Crippen LogP contribution in [0.15, 0.2) is 29.4 Å². The summed E-state index contributed by atoms with van der Waals surface area (Å²) >= 11 is 0. The molecule has 0 radical (unpaired) electrons. The van der Waals surface area contributed by atoms with Gasteiger partial charge in [-0.05, 0) is 24.5 Å². The van der Waals surface area contributed by atoms with Crippen LogP contribution in [0.1, 0.15) is 20.3 Å². The minimum atomic E-state index is -3.60. The molecule has 0 spiro atoms. The Morgan fingerprint density at radius 1 is 1.46 bits per heavy atom. The predicted octanol–water partition coefficient (Wildman–Crippen LogP) is 0.632. The van der Waals surface area contributed by atoms with Gasteiger partial charge in [-0.2, -0.15) is 4.31 Å². The lowest BCUT2D eigenvalue weighted by atomic mass is 9.99. The van der Waals surface area contributed by atoms with Gasteiger partial charge in [0.05, 0.1) is 18.1 Å². The average Bonchev–Trinajstić information content (AvgIpc) is 2.87. The fourth-order valence-electron chi connectivity index (χ4n) is 3.18. The summed E-state index contributed by atoms with van der Waals surface area (Å²) in [4.78, 5) is 16.4. The SMILES string of the molecule is CC(C)CNC(=O)[C@@H]1C[C@H]2CN(S(=O)(=O)c3cccnc3)C[C@@H]1O2. The predicted molar refractivity (Wildman–Crippen MR) is 87.6 cm³/mol. The van der Waals surface area contributed by atoms with Crippen molar-refractivity contribution < 1.29 is 17.9 Å². The van der Waals surface area contributed by atoms with Gasteiger partial charge >= 0.3 is 0 Å². The highest BCUT2D eigenvalue weighted by atomic mass is 32.2. The molecule has 8 heteroatoms. The standard InChI is InChI=1S/C16H23N3O4S/c1-11(2)7-18-16(20)14-6-12-9-19(10-15(14)23-12)24(21,22)13-4-3-5-17-8-13/h3-5,8,11-12,14-15H,6-7,9-10H2,1-2H3,(H,18,20)/t12-,14+,15-/m0/s1. The molecule has 3 heterocycles. The van der Waals surface area contributed by atoms with Gasteiger partial charge in [-0.15, -0.1) is 0 Å². The van der Waals surface area contributed by atoms with E-state index in [0.717, 1.165) is 0 Å². The molecule has 2 saturated heterocycles. The Morgan fingerprint density at radius 2 is 2.25 bits per heavy atom. The molecule has 1 aromatic heterocycles. The smallest absolute Gasteiger partial charge is 0.244 e. The summed E-state index contributed by atoms with van der Waals surface area (Å²) in [6.07, 6.45) is 2.83. The van der Waals surface area contributed by atoms with E-state index in [0.29, 0.717) is 18.9 Å². The largest absolute Gasteiger partial charge is 0.371 e. The second-order valence-corrected chi connectivity index (χ2v) is 8.73. The van der Waals surface area contributed by atoms with Crippen LogP contribution in [0.4, 0.5) is 0 Å². The Bertz CT molecular complexity index is 693. The van der Waals surface area contributed by atoms with E-state index in [-0.39, 0.29) is 42.0 Å². The molecule has 2 bridgehead atoms. The molecule has 1 N–H and O–H groups in total. The number of hydrogen-bond acceptors (Lipinski definition) is 5. The number of morpholine rings is 1. The van der Waals surface area contributed by atoms with Crippen molar-refractivity contribution in [1.29, 1.82) is 0 Å². The number of carbonyl (C=O) groups excluding carboxylic acids is 1. The average molecular weight is 353 g/mol. The number of ether oxygens (including phenoxy) is 1. The van der Waals surface area contributed by atoms with Crippen molar-refractivity contribution in [3.8, 4) is 0 Å². The van der Waals surface area contributed by atoms with E-state index in [1.54, 1.807) is 6.07 Å². The van der Waals surface area contributed by atoms with Crippen LogP contribution in [0.2, 0.25) is 0 Å². The highest BCUT2D eigenvalue weighted by Crippen LogP contribution is 2.34. The molecule has 3 rings (SSSR count). The van der Waals surface area contributed by atoms with Gasteiger partial charge in [-0.1, -0.05) is 13.8 Å². The first-order valence-corrected chi connectivity index (χ1v) is 9.65. The molecular weight excluding hydrogens is 330 g/mol. The zero-order chi connectivity index (χ0) is 17.3. The molecule has 0 unspecified atom stereocenters. The molecule has 0 aliphatic carbocycles. The third-order valence-corrected chi connectivity index (χ3v) is 6.23. The van der Waals surface area contributed by atoms with E-state index < -0.39 is 10.0 Å². The van der Waals surface area contributed by atoms with E-state index in [1.807, 2.05) is 13.8 Å². The van der Waals surface area contributed by atoms with E-state index in [9.17, 15) is 13.2 Å². The number of carbonyl (C=O) groups is 1. The van der Waals surface area contributed by atoms with Crippen LogP contribution < -0.4 is 5.32 Å². The maximum Gasteiger partial charge on any atom is 0.244 e. The first-order chi connectivity index (χ1) is 11.4. The maximum atomic E-state index is 12.7. The van der Waals surface area contributed by atoms with Gasteiger partial charge in [0.2, 0.25) is 15.9 Å². The molecule has 132 valence electrons. The van der Waals surface area contributed by atoms with Gasteiger partial charge in [0.15, 0.2) is 0 Å². The summed E-state index contributed by atoms with van der Waals surface area (Å²) < 4.78 is 32.7. The summed E-state index contributed by atoms with van der Waals surface area (Å²) in [7, 11) is -3.60. The molecule has 0 saturated carbocycles. The number of amides is 1. The Kier molecular flexibility index (Phi) is 4.89. The van der Waals surface area contributed by atoms with E-state index in [2.05, 4.69) is 10.3 Å². The molecule has 3 atom stereocenters. The maximum absolute atomic E-state index is 12.7. The van der Waals surface area contributed by atoms with Crippen molar-refractivity contribution >= 4 is 15.9 Å². The minimum absolute atomic E-state index is 0.0446. The highest BCUT2D eigenvalue weighted by Gasteiger charge is 2.47. The Hall–Kier alpha value is -1.51. The summed E-state index contributed by atoms with van der Waals surface area (Å²) in [5.74, 6) is 0.0396. The topological polar surface area (TPSA) is 88.6 Å². The van der Waals surface area contributed by atoms with Crippen LogP contribution in [-0.2, 0) is 19.6 Å². The van der Waals surface area contributed by atoms with Crippen LogP contribution in [0, 0.1) is 11.8 Å². The number of fused-ring (bicyclic) bond motifs is 2. The van der Waals surface area contributed by atoms with Crippen molar-refractivity contribution in [1.82, 2.24) is 14.6 Å². The monoisotopic (exact) mass is 353 g/mol. The summed E-state index contributed by atoms with van der Waals surface area (Å²) in [5, 5.41) is 2.93. The molecule has 2 fully saturated rings. The van der Waals surface area contributed by atoms with Gasteiger partial charge < -0.3 is 10.1 Å². The fraction of sp³-hybridized carbons (Fsp3) is 0.625. The Morgan fingerprint density at radius 3 is 2.92 bits per heavy atom. The number of nitrogens with one attached hydrogen (secondary N) is 1. The Labute approximate surface area is 142 Å². The van der Waals surface area contributed by atoms with Crippen molar-refractivity contribution in [2.75, 3.05) is 19.6 Å². The second-order valence-electron chi connectivity index (χ2n) is 6.79. The zero-order valence-corrected chi connectivity index (χ0v) is 14.7. The van der Waals surface area contributed by atoms with Crippen LogP contribution in [-0.4, -0.2) is 55.5 Å². The van der Waals surface area contributed by atoms with Gasteiger partial charge in [0.1, 0.15) is 4.90 Å². The van der Waals surface area contributed by atoms with E-state index >= 15 is 0 Å². The molecule has 1 aromatic rings. The van der Waals surface area contributed by atoms with E-state index in [4.69, 9.17) is 4.74 Å². The third-order valence-electron chi connectivity index (χ3n) is 4.42.